The lowest BCUT2D eigenvalue weighted by atomic mass is 10.0. The lowest BCUT2D eigenvalue weighted by Crippen LogP contribution is -2.01. The first kappa shape index (κ1) is 18.2. The van der Waals surface area contributed by atoms with Gasteiger partial charge in [0.1, 0.15) is 0 Å². The van der Waals surface area contributed by atoms with Gasteiger partial charge in [-0.2, -0.15) is 0 Å². The Morgan fingerprint density at radius 3 is 2.04 bits per heavy atom. The predicted octanol–water partition coefficient (Wildman–Crippen LogP) is 3.58. The van der Waals surface area contributed by atoms with E-state index in [1.807, 2.05) is 36.6 Å². The van der Waals surface area contributed by atoms with Crippen LogP contribution in [0.15, 0.2) is 46.1 Å². The molecule has 4 nitrogen and oxygen atoms in total. The molecule has 0 unspecified atom stereocenters. The molecule has 0 fully saturated rings. The molecule has 0 radical (unpaired) electrons. The molecule has 0 N–H and O–H groups in total. The van der Waals surface area contributed by atoms with E-state index in [1.165, 1.54) is 11.8 Å². The molecule has 0 aromatic heterocycles. The van der Waals surface area contributed by atoms with Crippen LogP contribution in [0.25, 0.3) is 0 Å². The first-order valence-electron chi connectivity index (χ1n) is 7.59. The molecular formula is C19H22O4S. The molecule has 0 bridgehead atoms. The van der Waals surface area contributed by atoms with Crippen molar-refractivity contribution in [3.8, 4) is 17.2 Å². The Hall–Kier alpha value is -2.14. The second-order valence-corrected chi connectivity index (χ2v) is 6.06. The average Bonchev–Trinajstić information content (AvgIpc) is 2.79. The standard InChI is InChI=1S/C19H22O4S/c1-21-16-11-14(12-17(22-2)19(16)23-3)9-8-13-6-5-7-18(24-4)15(20)10-13/h5-7,10-12H,8-9H2,1-4H3. The maximum atomic E-state index is 12.1. The third kappa shape index (κ3) is 4.23. The van der Waals surface area contributed by atoms with Gasteiger partial charge in [0.05, 0.1) is 26.2 Å². The summed E-state index contributed by atoms with van der Waals surface area (Å²) >= 11 is 1.47. The number of aryl methyl sites for hydroxylation is 2. The second-order valence-electron chi connectivity index (χ2n) is 5.21. The fourth-order valence-electron chi connectivity index (χ4n) is 2.52. The van der Waals surface area contributed by atoms with Crippen molar-refractivity contribution < 1.29 is 14.2 Å². The van der Waals surface area contributed by atoms with Crippen LogP contribution in [0.5, 0.6) is 17.2 Å². The molecule has 2 aromatic carbocycles. The lowest BCUT2D eigenvalue weighted by Gasteiger charge is -2.14. The molecule has 0 saturated carbocycles. The van der Waals surface area contributed by atoms with Gasteiger partial charge >= 0.3 is 0 Å². The minimum atomic E-state index is 0.0624. The summed E-state index contributed by atoms with van der Waals surface area (Å²) in [6, 6.07) is 11.4. The second kappa shape index (κ2) is 8.64. The highest BCUT2D eigenvalue weighted by Crippen LogP contribution is 2.38. The molecule has 5 heteroatoms. The molecule has 128 valence electrons. The van der Waals surface area contributed by atoms with Crippen LogP contribution < -0.4 is 19.6 Å². The first-order chi connectivity index (χ1) is 11.6. The minimum Gasteiger partial charge on any atom is -0.493 e. The van der Waals surface area contributed by atoms with E-state index in [1.54, 1.807) is 27.4 Å². The highest BCUT2D eigenvalue weighted by molar-refractivity contribution is 7.98. The summed E-state index contributed by atoms with van der Waals surface area (Å²) in [5.74, 6) is 1.86. The number of hydrogen-bond donors (Lipinski definition) is 0. The molecule has 0 saturated heterocycles. The van der Waals surface area contributed by atoms with E-state index in [0.29, 0.717) is 17.2 Å². The normalized spacial score (nSPS) is 10.3. The van der Waals surface area contributed by atoms with Crippen LogP contribution in [0.3, 0.4) is 0 Å². The summed E-state index contributed by atoms with van der Waals surface area (Å²) < 4.78 is 16.1. The van der Waals surface area contributed by atoms with Crippen molar-refractivity contribution in [1.82, 2.24) is 0 Å². The number of thioether (sulfide) groups is 1. The van der Waals surface area contributed by atoms with E-state index in [4.69, 9.17) is 14.2 Å². The van der Waals surface area contributed by atoms with Gasteiger partial charge in [-0.05, 0) is 54.5 Å². The van der Waals surface area contributed by atoms with Gasteiger partial charge in [-0.3, -0.25) is 4.79 Å². The number of methoxy groups -OCH3 is 3. The van der Waals surface area contributed by atoms with Crippen LogP contribution in [-0.2, 0) is 12.8 Å². The molecule has 0 amide bonds. The third-order valence-electron chi connectivity index (χ3n) is 3.76. The SMILES string of the molecule is COc1cc(CCc2cccc(SC)c(=O)c2)cc(OC)c1OC. The van der Waals surface area contributed by atoms with Crippen molar-refractivity contribution >= 4 is 11.8 Å². The smallest absolute Gasteiger partial charge is 0.203 e. The molecule has 0 spiro atoms. The molecule has 2 aromatic rings. The summed E-state index contributed by atoms with van der Waals surface area (Å²) in [5, 5.41) is 0. The number of benzene rings is 1. The first-order valence-corrected chi connectivity index (χ1v) is 8.81. The summed E-state index contributed by atoms with van der Waals surface area (Å²) in [7, 11) is 4.79. The summed E-state index contributed by atoms with van der Waals surface area (Å²) in [6.07, 6.45) is 3.44. The Bertz CT molecular complexity index is 733. The quantitative estimate of drug-likeness (QED) is 0.717. The lowest BCUT2D eigenvalue weighted by molar-refractivity contribution is 0.324. The zero-order valence-electron chi connectivity index (χ0n) is 14.4. The van der Waals surface area contributed by atoms with Crippen molar-refractivity contribution in [2.75, 3.05) is 27.6 Å². The van der Waals surface area contributed by atoms with Gasteiger partial charge in [-0.25, -0.2) is 0 Å². The van der Waals surface area contributed by atoms with E-state index in [-0.39, 0.29) is 5.43 Å². The number of ether oxygens (including phenoxy) is 3. The van der Waals surface area contributed by atoms with E-state index in [2.05, 4.69) is 0 Å². The summed E-state index contributed by atoms with van der Waals surface area (Å²) in [5.41, 5.74) is 2.13. The van der Waals surface area contributed by atoms with E-state index >= 15 is 0 Å². The van der Waals surface area contributed by atoms with Crippen molar-refractivity contribution in [2.45, 2.75) is 17.7 Å². The van der Waals surface area contributed by atoms with Crippen LogP contribution in [-0.4, -0.2) is 27.6 Å². The van der Waals surface area contributed by atoms with E-state index < -0.39 is 0 Å². The number of hydrogen-bond acceptors (Lipinski definition) is 5. The number of rotatable bonds is 7. The highest BCUT2D eigenvalue weighted by atomic mass is 32.2. The molecular weight excluding hydrogens is 324 g/mol. The van der Waals surface area contributed by atoms with Crippen LogP contribution >= 0.6 is 11.8 Å². The zero-order chi connectivity index (χ0) is 17.5. The predicted molar refractivity (Wildman–Crippen MR) is 98.0 cm³/mol. The van der Waals surface area contributed by atoms with Gasteiger partial charge in [-0.15, -0.1) is 11.8 Å². The molecule has 24 heavy (non-hydrogen) atoms. The molecule has 0 aliphatic rings. The minimum absolute atomic E-state index is 0.0624. The van der Waals surface area contributed by atoms with E-state index in [9.17, 15) is 4.79 Å². The van der Waals surface area contributed by atoms with Gasteiger partial charge in [0.15, 0.2) is 16.9 Å². The monoisotopic (exact) mass is 346 g/mol. The van der Waals surface area contributed by atoms with Crippen molar-refractivity contribution in [3.05, 3.63) is 57.7 Å². The van der Waals surface area contributed by atoms with Gasteiger partial charge in [0.25, 0.3) is 0 Å². The Morgan fingerprint density at radius 2 is 1.50 bits per heavy atom. The topological polar surface area (TPSA) is 44.8 Å². The maximum absolute atomic E-state index is 12.1. The van der Waals surface area contributed by atoms with Crippen LogP contribution in [0.1, 0.15) is 11.1 Å². The largest absolute Gasteiger partial charge is 0.493 e. The molecule has 0 aliphatic heterocycles. The molecule has 0 heterocycles. The van der Waals surface area contributed by atoms with Crippen LogP contribution in [0.4, 0.5) is 0 Å². The Morgan fingerprint density at radius 1 is 0.875 bits per heavy atom. The van der Waals surface area contributed by atoms with E-state index in [0.717, 1.165) is 28.9 Å². The van der Waals surface area contributed by atoms with Crippen molar-refractivity contribution in [3.63, 3.8) is 0 Å². The molecule has 0 atom stereocenters. The van der Waals surface area contributed by atoms with Gasteiger partial charge < -0.3 is 14.2 Å². The summed E-state index contributed by atoms with van der Waals surface area (Å²) in [4.78, 5) is 12.8. The third-order valence-corrected chi connectivity index (χ3v) is 4.54. The van der Waals surface area contributed by atoms with Gasteiger partial charge in [-0.1, -0.05) is 12.1 Å². The maximum Gasteiger partial charge on any atom is 0.203 e. The molecule has 0 aliphatic carbocycles. The van der Waals surface area contributed by atoms with Crippen LogP contribution in [0, 0.1) is 0 Å². The van der Waals surface area contributed by atoms with Gasteiger partial charge in [0, 0.05) is 0 Å². The fourth-order valence-corrected chi connectivity index (χ4v) is 3.00. The Balaban J connectivity index is 2.25. The average molecular weight is 346 g/mol. The van der Waals surface area contributed by atoms with Crippen LogP contribution in [0.2, 0.25) is 0 Å². The van der Waals surface area contributed by atoms with Crippen molar-refractivity contribution in [2.24, 2.45) is 0 Å². The fraction of sp³-hybridized carbons (Fsp3) is 0.316. The molecule has 2 rings (SSSR count). The van der Waals surface area contributed by atoms with Gasteiger partial charge in [0.2, 0.25) is 5.75 Å². The summed E-state index contributed by atoms with van der Waals surface area (Å²) in [6.45, 7) is 0. The zero-order valence-corrected chi connectivity index (χ0v) is 15.2. The highest BCUT2D eigenvalue weighted by Gasteiger charge is 2.13. The van der Waals surface area contributed by atoms with Crippen molar-refractivity contribution in [1.29, 1.82) is 0 Å². The Kier molecular flexibility index (Phi) is 6.55. The Labute approximate surface area is 146 Å².